The van der Waals surface area contributed by atoms with Gasteiger partial charge in [-0.2, -0.15) is 13.2 Å². The van der Waals surface area contributed by atoms with Crippen LogP contribution in [0.4, 0.5) is 13.2 Å². The molecule has 0 aromatic rings. The molecule has 0 rings (SSSR count). The van der Waals surface area contributed by atoms with Crippen molar-refractivity contribution < 1.29 is 18.0 Å². The third-order valence-electron chi connectivity index (χ3n) is 2.02. The molecule has 0 radical (unpaired) electrons. The first-order valence-electron chi connectivity index (χ1n) is 4.30. The van der Waals surface area contributed by atoms with Crippen molar-refractivity contribution in [1.82, 2.24) is 4.90 Å². The van der Waals surface area contributed by atoms with Gasteiger partial charge in [0.2, 0.25) is 5.91 Å². The number of halogens is 4. The first kappa shape index (κ1) is 16.9. The number of hydrogen-bond donors (Lipinski definition) is 1. The molecule has 0 aliphatic rings. The van der Waals surface area contributed by atoms with Gasteiger partial charge in [-0.3, -0.25) is 4.79 Å². The van der Waals surface area contributed by atoms with E-state index in [0.717, 1.165) is 0 Å². The summed E-state index contributed by atoms with van der Waals surface area (Å²) >= 11 is 0. The van der Waals surface area contributed by atoms with Crippen molar-refractivity contribution >= 4 is 18.3 Å². The van der Waals surface area contributed by atoms with Gasteiger partial charge in [0.15, 0.2) is 0 Å². The molecule has 7 heteroatoms. The van der Waals surface area contributed by atoms with Crippen LogP contribution in [0, 0.1) is 0 Å². The fourth-order valence-electron chi connectivity index (χ4n) is 0.829. The summed E-state index contributed by atoms with van der Waals surface area (Å²) in [7, 11) is 1.45. The average molecular weight is 249 g/mol. The number of hydrogen-bond acceptors (Lipinski definition) is 2. The molecule has 0 aliphatic carbocycles. The van der Waals surface area contributed by atoms with Gasteiger partial charge >= 0.3 is 6.18 Å². The summed E-state index contributed by atoms with van der Waals surface area (Å²) in [6.07, 6.45) is -5.86. The minimum atomic E-state index is -4.28. The van der Waals surface area contributed by atoms with Crippen LogP contribution in [0.3, 0.4) is 0 Å². The maximum atomic E-state index is 11.8. The summed E-state index contributed by atoms with van der Waals surface area (Å²) in [6, 6.07) is -0.226. The van der Waals surface area contributed by atoms with Gasteiger partial charge in [0.25, 0.3) is 0 Å². The second-order valence-electron chi connectivity index (χ2n) is 3.20. The van der Waals surface area contributed by atoms with Crippen molar-refractivity contribution in [3.05, 3.63) is 0 Å². The zero-order valence-corrected chi connectivity index (χ0v) is 9.49. The fourth-order valence-corrected chi connectivity index (χ4v) is 0.829. The third-order valence-corrected chi connectivity index (χ3v) is 2.02. The summed E-state index contributed by atoms with van der Waals surface area (Å²) in [6.45, 7) is 1.93. The van der Waals surface area contributed by atoms with Crippen LogP contribution in [0.2, 0.25) is 0 Å². The van der Waals surface area contributed by atoms with Crippen molar-refractivity contribution in [1.29, 1.82) is 0 Å². The Bertz CT molecular complexity index is 199. The predicted octanol–water partition coefficient (Wildman–Crippen LogP) is 1.56. The molecular formula is C8H16ClF3N2O. The molecule has 0 aromatic heterocycles. The van der Waals surface area contributed by atoms with E-state index in [1.54, 1.807) is 6.92 Å². The highest BCUT2D eigenvalue weighted by Gasteiger charge is 2.29. The number of amides is 1. The molecule has 0 fully saturated rings. The molecule has 1 atom stereocenters. The minimum absolute atomic E-state index is 0. The standard InChI is InChI=1S/C8H15F3N2O.ClH/c1-6(5-12)13(2)7(14)3-4-8(9,10)11;/h6H,3-5,12H2,1-2H3;1H. The maximum Gasteiger partial charge on any atom is 0.389 e. The van der Waals surface area contributed by atoms with Gasteiger partial charge in [-0.25, -0.2) is 0 Å². The Morgan fingerprint density at radius 2 is 1.93 bits per heavy atom. The van der Waals surface area contributed by atoms with Gasteiger partial charge in [0.05, 0.1) is 6.42 Å². The largest absolute Gasteiger partial charge is 0.389 e. The minimum Gasteiger partial charge on any atom is -0.342 e. The molecule has 1 amide bonds. The van der Waals surface area contributed by atoms with E-state index in [9.17, 15) is 18.0 Å². The third kappa shape index (κ3) is 7.44. The Hall–Kier alpha value is -0.490. The van der Waals surface area contributed by atoms with E-state index >= 15 is 0 Å². The van der Waals surface area contributed by atoms with Crippen molar-refractivity contribution in [2.45, 2.75) is 32.0 Å². The second-order valence-corrected chi connectivity index (χ2v) is 3.20. The summed E-state index contributed by atoms with van der Waals surface area (Å²) in [5.74, 6) is -0.528. The lowest BCUT2D eigenvalue weighted by Crippen LogP contribution is -2.40. The molecule has 0 spiro atoms. The Kier molecular flexibility index (Phi) is 7.78. The van der Waals surface area contributed by atoms with Gasteiger partial charge in [-0.15, -0.1) is 12.4 Å². The van der Waals surface area contributed by atoms with Crippen LogP contribution < -0.4 is 5.73 Å². The van der Waals surface area contributed by atoms with Crippen molar-refractivity contribution in [3.8, 4) is 0 Å². The van der Waals surface area contributed by atoms with Gasteiger partial charge in [0, 0.05) is 26.1 Å². The zero-order valence-electron chi connectivity index (χ0n) is 8.67. The van der Waals surface area contributed by atoms with Crippen LogP contribution in [0.5, 0.6) is 0 Å². The van der Waals surface area contributed by atoms with Crippen LogP contribution in [-0.4, -0.2) is 36.6 Å². The number of nitrogens with two attached hydrogens (primary N) is 1. The zero-order chi connectivity index (χ0) is 11.4. The molecule has 0 aromatic carbocycles. The summed E-state index contributed by atoms with van der Waals surface area (Å²) in [5.41, 5.74) is 5.28. The van der Waals surface area contributed by atoms with Crippen molar-refractivity contribution in [3.63, 3.8) is 0 Å². The Labute approximate surface area is 93.2 Å². The molecule has 1 unspecified atom stereocenters. The monoisotopic (exact) mass is 248 g/mol. The van der Waals surface area contributed by atoms with E-state index in [-0.39, 0.29) is 25.0 Å². The molecule has 92 valence electrons. The van der Waals surface area contributed by atoms with Gasteiger partial charge < -0.3 is 10.6 Å². The predicted molar refractivity (Wildman–Crippen MR) is 53.8 cm³/mol. The number of carbonyl (C=O) groups excluding carboxylic acids is 1. The van der Waals surface area contributed by atoms with E-state index in [0.29, 0.717) is 0 Å². The van der Waals surface area contributed by atoms with E-state index in [1.165, 1.54) is 11.9 Å². The maximum absolute atomic E-state index is 11.8. The van der Waals surface area contributed by atoms with E-state index in [2.05, 4.69) is 0 Å². The Balaban J connectivity index is 0. The highest BCUT2D eigenvalue weighted by atomic mass is 35.5. The fraction of sp³-hybridized carbons (Fsp3) is 0.875. The SMILES string of the molecule is CC(CN)N(C)C(=O)CCC(F)(F)F.Cl. The summed E-state index contributed by atoms with van der Waals surface area (Å²) < 4.78 is 35.3. The molecule has 0 heterocycles. The lowest BCUT2D eigenvalue weighted by Gasteiger charge is -2.23. The quantitative estimate of drug-likeness (QED) is 0.821. The van der Waals surface area contributed by atoms with Crippen LogP contribution in [0.1, 0.15) is 19.8 Å². The highest BCUT2D eigenvalue weighted by Crippen LogP contribution is 2.21. The van der Waals surface area contributed by atoms with Gasteiger partial charge in [-0.1, -0.05) is 0 Å². The first-order valence-corrected chi connectivity index (χ1v) is 4.30. The average Bonchev–Trinajstić information content (AvgIpc) is 2.10. The molecule has 3 nitrogen and oxygen atoms in total. The number of carbonyl (C=O) groups is 1. The summed E-state index contributed by atoms with van der Waals surface area (Å²) in [5, 5.41) is 0. The number of likely N-dealkylation sites (N-methyl/N-ethyl adjacent to an activating group) is 1. The molecule has 0 saturated carbocycles. The Morgan fingerprint density at radius 3 is 2.27 bits per heavy atom. The first-order chi connectivity index (χ1) is 6.28. The topological polar surface area (TPSA) is 46.3 Å². The number of nitrogens with zero attached hydrogens (tertiary/aromatic N) is 1. The second kappa shape index (κ2) is 6.90. The molecule has 15 heavy (non-hydrogen) atoms. The van der Waals surface area contributed by atoms with Gasteiger partial charge in [-0.05, 0) is 6.92 Å². The van der Waals surface area contributed by atoms with Crippen LogP contribution >= 0.6 is 12.4 Å². The normalized spacial score (nSPS) is 12.9. The van der Waals surface area contributed by atoms with E-state index in [1.807, 2.05) is 0 Å². The molecule has 0 aliphatic heterocycles. The van der Waals surface area contributed by atoms with Crippen molar-refractivity contribution in [2.24, 2.45) is 5.73 Å². The molecule has 0 saturated heterocycles. The van der Waals surface area contributed by atoms with Crippen LogP contribution in [0.25, 0.3) is 0 Å². The lowest BCUT2D eigenvalue weighted by molar-refractivity contribution is -0.149. The lowest BCUT2D eigenvalue weighted by atomic mass is 10.2. The van der Waals surface area contributed by atoms with E-state index < -0.39 is 24.9 Å². The van der Waals surface area contributed by atoms with Gasteiger partial charge in [0.1, 0.15) is 0 Å². The van der Waals surface area contributed by atoms with Crippen LogP contribution in [0.15, 0.2) is 0 Å². The molecular weight excluding hydrogens is 233 g/mol. The van der Waals surface area contributed by atoms with Crippen molar-refractivity contribution in [2.75, 3.05) is 13.6 Å². The highest BCUT2D eigenvalue weighted by molar-refractivity contribution is 5.85. The number of alkyl halides is 3. The molecule has 2 N–H and O–H groups in total. The van der Waals surface area contributed by atoms with Crippen LogP contribution in [-0.2, 0) is 4.79 Å². The molecule has 0 bridgehead atoms. The number of rotatable bonds is 4. The van der Waals surface area contributed by atoms with E-state index in [4.69, 9.17) is 5.73 Å². The smallest absolute Gasteiger partial charge is 0.342 e. The Morgan fingerprint density at radius 1 is 1.47 bits per heavy atom. The summed E-state index contributed by atoms with van der Waals surface area (Å²) in [4.78, 5) is 12.4.